The van der Waals surface area contributed by atoms with Crippen LogP contribution < -0.4 is 15.4 Å². The highest BCUT2D eigenvalue weighted by Gasteiger charge is 2.25. The molecule has 0 saturated carbocycles. The molecule has 28 heavy (non-hydrogen) atoms. The molecule has 0 radical (unpaired) electrons. The number of nitrogens with zero attached hydrogens (tertiary/aromatic N) is 4. The summed E-state index contributed by atoms with van der Waals surface area (Å²) in [6.07, 6.45) is -1.82. The first-order valence-electron chi connectivity index (χ1n) is 8.86. The summed E-state index contributed by atoms with van der Waals surface area (Å²) in [6, 6.07) is 6.22. The number of hydrogen-bond acceptors (Lipinski definition) is 6. The second-order valence-electron chi connectivity index (χ2n) is 6.48. The summed E-state index contributed by atoms with van der Waals surface area (Å²) in [5, 5.41) is 10.2. The van der Waals surface area contributed by atoms with Crippen molar-refractivity contribution >= 4 is 11.5 Å². The van der Waals surface area contributed by atoms with E-state index in [9.17, 15) is 13.2 Å². The van der Waals surface area contributed by atoms with E-state index in [0.717, 1.165) is 0 Å². The van der Waals surface area contributed by atoms with Crippen molar-refractivity contribution in [2.75, 3.05) is 25.5 Å². The number of imidazole rings is 1. The van der Waals surface area contributed by atoms with Crippen molar-refractivity contribution in [3.05, 3.63) is 36.2 Å². The molecular weight excluding hydrogens is 373 g/mol. The smallest absolute Gasteiger partial charge is 0.285 e. The van der Waals surface area contributed by atoms with Crippen LogP contribution in [0.1, 0.15) is 18.5 Å². The van der Waals surface area contributed by atoms with Gasteiger partial charge in [-0.3, -0.25) is 0 Å². The normalized spacial score (nSPS) is 19.9. The van der Waals surface area contributed by atoms with Gasteiger partial charge >= 0.3 is 0 Å². The Kier molecular flexibility index (Phi) is 5.03. The fraction of sp³-hybridized carbons (Fsp3) is 0.389. The Hall–Kier alpha value is -2.88. The number of ether oxygens (including phenoxy) is 1. The van der Waals surface area contributed by atoms with Gasteiger partial charge in [0.15, 0.2) is 17.1 Å². The molecule has 1 aliphatic heterocycles. The number of halogens is 3. The van der Waals surface area contributed by atoms with Gasteiger partial charge in [-0.05, 0) is 25.1 Å². The van der Waals surface area contributed by atoms with Gasteiger partial charge in [-0.1, -0.05) is 6.07 Å². The second-order valence-corrected chi connectivity index (χ2v) is 6.48. The molecule has 0 unspecified atom stereocenters. The molecule has 0 spiro atoms. The molecule has 0 bridgehead atoms. The van der Waals surface area contributed by atoms with Crippen molar-refractivity contribution in [1.82, 2.24) is 24.9 Å². The second kappa shape index (κ2) is 7.63. The molecule has 7 nitrogen and oxygen atoms in total. The zero-order valence-electron chi connectivity index (χ0n) is 15.1. The highest BCUT2D eigenvalue weighted by Crippen LogP contribution is 2.29. The number of alkyl halides is 3. The van der Waals surface area contributed by atoms with Gasteiger partial charge in [0.05, 0.1) is 25.0 Å². The van der Waals surface area contributed by atoms with E-state index in [4.69, 9.17) is 4.74 Å². The number of piperidine rings is 1. The van der Waals surface area contributed by atoms with Gasteiger partial charge in [0.2, 0.25) is 0 Å². The third kappa shape index (κ3) is 3.47. The lowest BCUT2D eigenvalue weighted by atomic mass is 10.1. The number of methoxy groups -OCH3 is 1. The first-order valence-corrected chi connectivity index (χ1v) is 8.86. The van der Waals surface area contributed by atoms with Crippen LogP contribution in [-0.2, 0) is 0 Å². The van der Waals surface area contributed by atoms with Gasteiger partial charge in [-0.25, -0.2) is 27.7 Å². The third-order valence-corrected chi connectivity index (χ3v) is 4.65. The van der Waals surface area contributed by atoms with Crippen molar-refractivity contribution in [3.63, 3.8) is 0 Å². The number of nitrogens with one attached hydrogen (secondary N) is 2. The molecule has 4 heterocycles. The fourth-order valence-electron chi connectivity index (χ4n) is 3.22. The molecular formula is C18H19F3N6O. The van der Waals surface area contributed by atoms with E-state index in [1.807, 2.05) is 0 Å². The van der Waals surface area contributed by atoms with E-state index in [1.54, 1.807) is 18.2 Å². The first kappa shape index (κ1) is 18.5. The SMILES string of the molecule is COc1cc2ncc(-c3cccc(N[C@H]4CNCC[C@@H]4F)n3)n2nc1C(F)F. The lowest BCUT2D eigenvalue weighted by Crippen LogP contribution is -2.46. The van der Waals surface area contributed by atoms with Crippen molar-refractivity contribution in [1.29, 1.82) is 0 Å². The van der Waals surface area contributed by atoms with Crippen LogP contribution in [0.25, 0.3) is 17.0 Å². The summed E-state index contributed by atoms with van der Waals surface area (Å²) in [6.45, 7) is 1.15. The third-order valence-electron chi connectivity index (χ3n) is 4.65. The Morgan fingerprint density at radius 3 is 2.96 bits per heavy atom. The van der Waals surface area contributed by atoms with E-state index in [2.05, 4.69) is 25.7 Å². The Labute approximate surface area is 158 Å². The van der Waals surface area contributed by atoms with Crippen molar-refractivity contribution < 1.29 is 17.9 Å². The maximum Gasteiger partial charge on any atom is 0.285 e. The van der Waals surface area contributed by atoms with E-state index in [0.29, 0.717) is 42.4 Å². The summed E-state index contributed by atoms with van der Waals surface area (Å²) in [5.41, 5.74) is 0.810. The first-order chi connectivity index (χ1) is 13.6. The number of fused-ring (bicyclic) bond motifs is 1. The maximum absolute atomic E-state index is 14.1. The predicted octanol–water partition coefficient (Wildman–Crippen LogP) is 2.85. The molecule has 0 aromatic carbocycles. The molecule has 2 atom stereocenters. The molecule has 1 fully saturated rings. The lowest BCUT2D eigenvalue weighted by Gasteiger charge is -2.28. The quantitative estimate of drug-likeness (QED) is 0.696. The van der Waals surface area contributed by atoms with Crippen molar-refractivity contribution in [2.45, 2.75) is 25.1 Å². The number of pyridine rings is 1. The predicted molar refractivity (Wildman–Crippen MR) is 97.5 cm³/mol. The zero-order chi connectivity index (χ0) is 19.7. The molecule has 3 aromatic rings. The summed E-state index contributed by atoms with van der Waals surface area (Å²) in [5.74, 6) is 0.466. The minimum atomic E-state index is -2.80. The molecule has 10 heteroatoms. The highest BCUT2D eigenvalue weighted by atomic mass is 19.3. The van der Waals surface area contributed by atoms with E-state index in [-0.39, 0.29) is 11.8 Å². The summed E-state index contributed by atoms with van der Waals surface area (Å²) < 4.78 is 47.0. The molecule has 148 valence electrons. The standard InChI is InChI=1S/C18H19F3N6O/c1-28-14-7-16-23-9-13(27(16)26-17(14)18(20)21)11-3-2-4-15(24-11)25-12-8-22-6-5-10(12)19/h2-4,7,9-10,12,18,22H,5-6,8H2,1H3,(H,24,25)/t10-,12-/m0/s1. The Morgan fingerprint density at radius 1 is 1.36 bits per heavy atom. The van der Waals surface area contributed by atoms with Crippen molar-refractivity contribution in [2.24, 2.45) is 0 Å². The fourth-order valence-corrected chi connectivity index (χ4v) is 3.22. The highest BCUT2D eigenvalue weighted by molar-refractivity contribution is 5.62. The van der Waals surface area contributed by atoms with Crippen LogP contribution in [0.2, 0.25) is 0 Å². The lowest BCUT2D eigenvalue weighted by molar-refractivity contribution is 0.139. The summed E-state index contributed by atoms with van der Waals surface area (Å²) >= 11 is 0. The van der Waals surface area contributed by atoms with Crippen LogP contribution in [0.15, 0.2) is 30.5 Å². The molecule has 4 rings (SSSR count). The number of rotatable bonds is 5. The van der Waals surface area contributed by atoms with Crippen LogP contribution in [0.4, 0.5) is 19.0 Å². The van der Waals surface area contributed by atoms with E-state index >= 15 is 0 Å². The van der Waals surface area contributed by atoms with Crippen LogP contribution in [-0.4, -0.2) is 52.0 Å². The van der Waals surface area contributed by atoms with Crippen LogP contribution in [0.5, 0.6) is 5.75 Å². The molecule has 3 aromatic heterocycles. The number of hydrogen-bond donors (Lipinski definition) is 2. The van der Waals surface area contributed by atoms with Gasteiger partial charge in [0, 0.05) is 12.6 Å². The Balaban J connectivity index is 1.69. The molecule has 2 N–H and O–H groups in total. The minimum absolute atomic E-state index is 0.0261. The van der Waals surface area contributed by atoms with Gasteiger partial charge in [-0.15, -0.1) is 0 Å². The van der Waals surface area contributed by atoms with Crippen LogP contribution in [0, 0.1) is 0 Å². The number of aromatic nitrogens is 4. The summed E-state index contributed by atoms with van der Waals surface area (Å²) in [7, 11) is 1.30. The minimum Gasteiger partial charge on any atom is -0.494 e. The van der Waals surface area contributed by atoms with Crippen LogP contribution in [0.3, 0.4) is 0 Å². The van der Waals surface area contributed by atoms with Gasteiger partial charge in [0.1, 0.15) is 17.7 Å². The van der Waals surface area contributed by atoms with E-state index < -0.39 is 18.3 Å². The van der Waals surface area contributed by atoms with E-state index in [1.165, 1.54) is 23.9 Å². The molecule has 0 aliphatic carbocycles. The molecule has 1 saturated heterocycles. The average molecular weight is 392 g/mol. The topological polar surface area (TPSA) is 76.4 Å². The Bertz CT molecular complexity index is 979. The zero-order valence-corrected chi connectivity index (χ0v) is 15.1. The van der Waals surface area contributed by atoms with Gasteiger partial charge < -0.3 is 15.4 Å². The molecule has 0 amide bonds. The van der Waals surface area contributed by atoms with Gasteiger partial charge in [0.25, 0.3) is 6.43 Å². The van der Waals surface area contributed by atoms with Crippen LogP contribution >= 0.6 is 0 Å². The summed E-state index contributed by atoms with van der Waals surface area (Å²) in [4.78, 5) is 8.69. The average Bonchev–Trinajstić information content (AvgIpc) is 3.12. The largest absolute Gasteiger partial charge is 0.494 e. The molecule has 1 aliphatic rings. The Morgan fingerprint density at radius 2 is 2.21 bits per heavy atom. The maximum atomic E-state index is 14.1. The number of anilines is 1. The monoisotopic (exact) mass is 392 g/mol. The van der Waals surface area contributed by atoms with Crippen molar-refractivity contribution in [3.8, 4) is 17.1 Å². The van der Waals surface area contributed by atoms with Gasteiger partial charge in [-0.2, -0.15) is 5.10 Å².